The molecule has 3 N–H and O–H groups in total. The van der Waals surface area contributed by atoms with Gasteiger partial charge in [0.25, 0.3) is 0 Å². The molecule has 33 heavy (non-hydrogen) atoms. The molecule has 2 aliphatic rings. The van der Waals surface area contributed by atoms with Crippen molar-refractivity contribution in [2.75, 3.05) is 20.3 Å². The fourth-order valence-corrected chi connectivity index (χ4v) is 4.42. The number of carbonyl (C=O) groups excluding carboxylic acids is 2. The number of nitrogens with one attached hydrogen (secondary N) is 2. The lowest BCUT2D eigenvalue weighted by atomic mass is 9.98. The van der Waals surface area contributed by atoms with Crippen molar-refractivity contribution in [3.05, 3.63) is 59.7 Å². The molecule has 4 unspecified atom stereocenters. The maximum absolute atomic E-state index is 12.7. The molecule has 0 spiro atoms. The number of methoxy groups -OCH3 is 1. The van der Waals surface area contributed by atoms with E-state index in [9.17, 15) is 14.4 Å². The van der Waals surface area contributed by atoms with Gasteiger partial charge in [-0.3, -0.25) is 9.59 Å². The van der Waals surface area contributed by atoms with Gasteiger partial charge in [-0.2, -0.15) is 0 Å². The molecule has 0 bridgehead atoms. The zero-order valence-electron chi connectivity index (χ0n) is 18.6. The first-order valence-electron chi connectivity index (χ1n) is 11.1. The highest BCUT2D eigenvalue weighted by Crippen LogP contribution is 2.44. The van der Waals surface area contributed by atoms with Crippen molar-refractivity contribution < 1.29 is 29.0 Å². The van der Waals surface area contributed by atoms with Crippen molar-refractivity contribution in [3.63, 3.8) is 0 Å². The lowest BCUT2D eigenvalue weighted by Crippen LogP contribution is -2.53. The Balaban J connectivity index is 1.36. The van der Waals surface area contributed by atoms with Gasteiger partial charge in [-0.15, -0.1) is 0 Å². The van der Waals surface area contributed by atoms with Crippen LogP contribution in [-0.2, 0) is 19.1 Å². The maximum atomic E-state index is 12.7. The summed E-state index contributed by atoms with van der Waals surface area (Å²) < 4.78 is 10.8. The second-order valence-corrected chi connectivity index (χ2v) is 8.57. The van der Waals surface area contributed by atoms with Gasteiger partial charge in [-0.25, -0.2) is 4.79 Å². The van der Waals surface area contributed by atoms with Crippen molar-refractivity contribution in [1.82, 2.24) is 10.6 Å². The minimum Gasteiger partial charge on any atom is -0.481 e. The van der Waals surface area contributed by atoms with Crippen LogP contribution in [0.15, 0.2) is 48.5 Å². The number of rotatable bonds is 9. The van der Waals surface area contributed by atoms with Gasteiger partial charge in [-0.1, -0.05) is 48.5 Å². The third kappa shape index (κ3) is 4.85. The van der Waals surface area contributed by atoms with Crippen LogP contribution < -0.4 is 10.6 Å². The number of ether oxygens (including phenoxy) is 2. The van der Waals surface area contributed by atoms with Gasteiger partial charge < -0.3 is 25.2 Å². The third-order valence-electron chi connectivity index (χ3n) is 6.52. The van der Waals surface area contributed by atoms with Crippen LogP contribution >= 0.6 is 0 Å². The molecule has 2 aliphatic carbocycles. The molecular formula is C25H28N2O6. The number of alkyl carbamates (subject to hydrolysis) is 1. The number of hydrogen-bond donors (Lipinski definition) is 3. The van der Waals surface area contributed by atoms with Gasteiger partial charge in [-0.05, 0) is 41.5 Å². The van der Waals surface area contributed by atoms with E-state index in [0.29, 0.717) is 6.42 Å². The van der Waals surface area contributed by atoms with Crippen LogP contribution in [-0.4, -0.2) is 55.5 Å². The predicted octanol–water partition coefficient (Wildman–Crippen LogP) is 2.77. The topological polar surface area (TPSA) is 114 Å². The van der Waals surface area contributed by atoms with E-state index in [4.69, 9.17) is 14.6 Å². The van der Waals surface area contributed by atoms with E-state index in [1.165, 1.54) is 7.11 Å². The molecule has 0 saturated heterocycles. The zero-order valence-corrected chi connectivity index (χ0v) is 18.6. The molecule has 2 amide bonds. The Morgan fingerprint density at radius 3 is 2.21 bits per heavy atom. The lowest BCUT2D eigenvalue weighted by Gasteiger charge is -2.23. The largest absolute Gasteiger partial charge is 0.481 e. The van der Waals surface area contributed by atoms with Crippen LogP contribution in [0.1, 0.15) is 30.4 Å². The highest BCUT2D eigenvalue weighted by atomic mass is 16.5. The quantitative estimate of drug-likeness (QED) is 0.539. The third-order valence-corrected chi connectivity index (χ3v) is 6.52. The summed E-state index contributed by atoms with van der Waals surface area (Å²) in [5.41, 5.74) is 4.46. The summed E-state index contributed by atoms with van der Waals surface area (Å²) in [5.74, 6) is -1.88. The number of carboxylic acid groups (broad SMARTS) is 1. The Morgan fingerprint density at radius 2 is 1.67 bits per heavy atom. The molecule has 2 aromatic carbocycles. The normalized spacial score (nSPS) is 20.2. The average Bonchev–Trinajstić information content (AvgIpc) is 3.55. The Labute approximate surface area is 192 Å². The Hall–Kier alpha value is -3.39. The van der Waals surface area contributed by atoms with E-state index in [1.54, 1.807) is 6.92 Å². The summed E-state index contributed by atoms with van der Waals surface area (Å²) in [4.78, 5) is 36.3. The standard InChI is InChI=1S/C25H28N2O6/c1-14(32-2)22(23(28)26-12-15-11-20(15)24(29)30)27-25(31)33-13-21-18-9-5-3-7-16(18)17-8-4-6-10-19(17)21/h3-10,14-15,20-22H,11-13H2,1-2H3,(H,26,28)(H,27,31)(H,29,30). The van der Waals surface area contributed by atoms with Crippen molar-refractivity contribution in [2.24, 2.45) is 11.8 Å². The van der Waals surface area contributed by atoms with Crippen molar-refractivity contribution >= 4 is 18.0 Å². The summed E-state index contributed by atoms with van der Waals surface area (Å²) in [7, 11) is 1.45. The summed E-state index contributed by atoms with van der Waals surface area (Å²) in [6.07, 6.45) is -0.768. The van der Waals surface area contributed by atoms with Crippen LogP contribution in [0.25, 0.3) is 11.1 Å². The highest BCUT2D eigenvalue weighted by Gasteiger charge is 2.43. The van der Waals surface area contributed by atoms with Crippen molar-refractivity contribution in [1.29, 1.82) is 0 Å². The molecule has 1 fully saturated rings. The van der Waals surface area contributed by atoms with Crippen molar-refractivity contribution in [3.8, 4) is 11.1 Å². The van der Waals surface area contributed by atoms with Gasteiger partial charge in [0, 0.05) is 19.6 Å². The van der Waals surface area contributed by atoms with Crippen molar-refractivity contribution in [2.45, 2.75) is 31.4 Å². The molecule has 174 valence electrons. The van der Waals surface area contributed by atoms with Gasteiger partial charge in [0.1, 0.15) is 12.6 Å². The van der Waals surface area contributed by atoms with Crippen LogP contribution in [0.5, 0.6) is 0 Å². The lowest BCUT2D eigenvalue weighted by molar-refractivity contribution is -0.139. The second-order valence-electron chi connectivity index (χ2n) is 8.57. The fraction of sp³-hybridized carbons (Fsp3) is 0.400. The molecule has 4 rings (SSSR count). The van der Waals surface area contributed by atoms with E-state index in [1.807, 2.05) is 36.4 Å². The smallest absolute Gasteiger partial charge is 0.407 e. The summed E-state index contributed by atoms with van der Waals surface area (Å²) >= 11 is 0. The fourth-order valence-electron chi connectivity index (χ4n) is 4.42. The maximum Gasteiger partial charge on any atom is 0.407 e. The number of benzene rings is 2. The van der Waals surface area contributed by atoms with Gasteiger partial charge in [0.15, 0.2) is 0 Å². The summed E-state index contributed by atoms with van der Waals surface area (Å²) in [5, 5.41) is 14.3. The molecule has 8 nitrogen and oxygen atoms in total. The first-order valence-corrected chi connectivity index (χ1v) is 11.1. The number of carbonyl (C=O) groups is 3. The summed E-state index contributed by atoms with van der Waals surface area (Å²) in [6.45, 7) is 2.05. The molecule has 2 aromatic rings. The molecule has 8 heteroatoms. The second kappa shape index (κ2) is 9.62. The number of carboxylic acids is 1. The molecule has 0 aromatic heterocycles. The first kappa shape index (κ1) is 22.8. The van der Waals surface area contributed by atoms with E-state index in [2.05, 4.69) is 22.8 Å². The zero-order chi connectivity index (χ0) is 23.5. The van der Waals surface area contributed by atoms with Crippen LogP contribution in [0.2, 0.25) is 0 Å². The number of amides is 2. The van der Waals surface area contributed by atoms with Gasteiger partial charge >= 0.3 is 12.1 Å². The van der Waals surface area contributed by atoms with E-state index in [0.717, 1.165) is 22.3 Å². The van der Waals surface area contributed by atoms with E-state index < -0.39 is 36.0 Å². The predicted molar refractivity (Wildman–Crippen MR) is 121 cm³/mol. The molecule has 1 saturated carbocycles. The Bertz CT molecular complexity index is 1010. The van der Waals surface area contributed by atoms with Crippen LogP contribution in [0.3, 0.4) is 0 Å². The first-order chi connectivity index (χ1) is 15.9. The average molecular weight is 453 g/mol. The number of aliphatic carboxylic acids is 1. The highest BCUT2D eigenvalue weighted by molar-refractivity contribution is 5.86. The number of hydrogen-bond acceptors (Lipinski definition) is 5. The van der Waals surface area contributed by atoms with E-state index in [-0.39, 0.29) is 25.0 Å². The molecule has 0 aliphatic heterocycles. The molecular weight excluding hydrogens is 424 g/mol. The molecule has 0 heterocycles. The van der Waals surface area contributed by atoms with Crippen LogP contribution in [0, 0.1) is 11.8 Å². The van der Waals surface area contributed by atoms with Gasteiger partial charge in [0.05, 0.1) is 12.0 Å². The van der Waals surface area contributed by atoms with Crippen LogP contribution in [0.4, 0.5) is 4.79 Å². The minimum atomic E-state index is -0.965. The monoisotopic (exact) mass is 452 g/mol. The summed E-state index contributed by atoms with van der Waals surface area (Å²) in [6, 6.07) is 15.1. The van der Waals surface area contributed by atoms with Gasteiger partial charge in [0.2, 0.25) is 5.91 Å². The SMILES string of the molecule is COC(C)C(NC(=O)OCC1c2ccccc2-c2ccccc21)C(=O)NCC1CC1C(=O)O. The van der Waals surface area contributed by atoms with E-state index >= 15 is 0 Å². The number of fused-ring (bicyclic) bond motifs is 3. The minimum absolute atomic E-state index is 0.0839. The molecule has 0 radical (unpaired) electrons. The molecule has 4 atom stereocenters. The Kier molecular flexibility index (Phi) is 6.65. The Morgan fingerprint density at radius 1 is 1.06 bits per heavy atom.